The lowest BCUT2D eigenvalue weighted by Crippen LogP contribution is -2.19. The van der Waals surface area contributed by atoms with E-state index in [9.17, 15) is 32.2 Å². The van der Waals surface area contributed by atoms with Crippen LogP contribution in [0.1, 0.15) is 42.4 Å². The molecule has 0 radical (unpaired) electrons. The van der Waals surface area contributed by atoms with Crippen molar-refractivity contribution in [2.24, 2.45) is 5.73 Å². The monoisotopic (exact) mass is 525 g/mol. The number of hydrogen-bond donors (Lipinski definition) is 4. The van der Waals surface area contributed by atoms with Crippen molar-refractivity contribution in [1.29, 1.82) is 0 Å². The average Bonchev–Trinajstić information content (AvgIpc) is 3.09. The zero-order valence-electron chi connectivity index (χ0n) is 19.2. The molecule has 8 nitrogen and oxygen atoms in total. The number of nitrogens with two attached hydrogens (primary N) is 1. The van der Waals surface area contributed by atoms with Gasteiger partial charge in [-0.25, -0.2) is 22.2 Å². The van der Waals surface area contributed by atoms with E-state index in [4.69, 9.17) is 5.73 Å². The first-order valence-electron chi connectivity index (χ1n) is 10.4. The van der Waals surface area contributed by atoms with E-state index in [-0.39, 0.29) is 38.1 Å². The van der Waals surface area contributed by atoms with Crippen molar-refractivity contribution in [3.8, 4) is 10.4 Å². The SMILES string of the molecule is CC(O)CS(=O)(=O)Cc1cccc(Nc2sc(-c3c(F)cc(C(C)(C)O)cc3F)cc2C(N)=O)n1. The Morgan fingerprint density at radius 1 is 1.23 bits per heavy atom. The highest BCUT2D eigenvalue weighted by molar-refractivity contribution is 7.90. The van der Waals surface area contributed by atoms with Crippen LogP contribution in [0.2, 0.25) is 0 Å². The van der Waals surface area contributed by atoms with Gasteiger partial charge < -0.3 is 21.3 Å². The minimum atomic E-state index is -3.61. The number of sulfone groups is 1. The second-order valence-electron chi connectivity index (χ2n) is 8.63. The molecule has 0 saturated carbocycles. The molecular weight excluding hydrogens is 500 g/mol. The molecule has 2 aromatic heterocycles. The van der Waals surface area contributed by atoms with Crippen LogP contribution in [0.5, 0.6) is 0 Å². The number of nitrogens with zero attached hydrogens (tertiary/aromatic N) is 1. The summed E-state index contributed by atoms with van der Waals surface area (Å²) >= 11 is 0.859. The second kappa shape index (κ2) is 9.97. The molecule has 1 amide bonds. The number of amides is 1. The molecule has 35 heavy (non-hydrogen) atoms. The molecule has 12 heteroatoms. The largest absolute Gasteiger partial charge is 0.392 e. The first-order chi connectivity index (χ1) is 16.2. The molecule has 0 aliphatic carbocycles. The number of thiophene rings is 1. The van der Waals surface area contributed by atoms with Gasteiger partial charge in [0.1, 0.15) is 22.5 Å². The molecule has 5 N–H and O–H groups in total. The van der Waals surface area contributed by atoms with Gasteiger partial charge in [0, 0.05) is 4.88 Å². The van der Waals surface area contributed by atoms with E-state index in [0.717, 1.165) is 23.5 Å². The summed E-state index contributed by atoms with van der Waals surface area (Å²) in [6, 6.07) is 7.86. The number of hydrogen-bond acceptors (Lipinski definition) is 8. The first kappa shape index (κ1) is 26.7. The third kappa shape index (κ3) is 6.60. The molecule has 2 heterocycles. The van der Waals surface area contributed by atoms with Crippen molar-refractivity contribution in [2.45, 2.75) is 38.2 Å². The summed E-state index contributed by atoms with van der Waals surface area (Å²) in [4.78, 5) is 16.3. The summed E-state index contributed by atoms with van der Waals surface area (Å²) in [6.45, 7) is 4.17. The highest BCUT2D eigenvalue weighted by Gasteiger charge is 2.24. The molecule has 188 valence electrons. The molecular formula is C23H25F2N3O5S2. The Morgan fingerprint density at radius 3 is 2.40 bits per heavy atom. The van der Waals surface area contributed by atoms with Crippen molar-refractivity contribution in [1.82, 2.24) is 4.98 Å². The van der Waals surface area contributed by atoms with Gasteiger partial charge >= 0.3 is 0 Å². The summed E-state index contributed by atoms with van der Waals surface area (Å²) in [5.74, 6) is -3.33. The van der Waals surface area contributed by atoms with Crippen LogP contribution in [0.15, 0.2) is 36.4 Å². The maximum absolute atomic E-state index is 14.8. The van der Waals surface area contributed by atoms with Crippen molar-refractivity contribution in [2.75, 3.05) is 11.1 Å². The predicted molar refractivity (Wildman–Crippen MR) is 130 cm³/mol. The highest BCUT2D eigenvalue weighted by Crippen LogP contribution is 2.40. The fourth-order valence-corrected chi connectivity index (χ4v) is 5.93. The van der Waals surface area contributed by atoms with Crippen LogP contribution in [0.3, 0.4) is 0 Å². The summed E-state index contributed by atoms with van der Waals surface area (Å²) < 4.78 is 54.0. The van der Waals surface area contributed by atoms with Gasteiger partial charge in [-0.15, -0.1) is 11.3 Å². The Labute approximate surface area is 205 Å². The summed E-state index contributed by atoms with van der Waals surface area (Å²) in [5, 5.41) is 22.5. The lowest BCUT2D eigenvalue weighted by atomic mass is 9.96. The zero-order chi connectivity index (χ0) is 26.1. The smallest absolute Gasteiger partial charge is 0.251 e. The molecule has 1 atom stereocenters. The molecule has 0 aliphatic rings. The van der Waals surface area contributed by atoms with Crippen LogP contribution >= 0.6 is 11.3 Å². The zero-order valence-corrected chi connectivity index (χ0v) is 20.8. The fraction of sp³-hybridized carbons (Fsp3) is 0.304. The molecule has 0 aliphatic heterocycles. The van der Waals surface area contributed by atoms with E-state index >= 15 is 0 Å². The van der Waals surface area contributed by atoms with Gasteiger partial charge in [0.25, 0.3) is 5.91 Å². The van der Waals surface area contributed by atoms with Crippen LogP contribution < -0.4 is 11.1 Å². The Hall–Kier alpha value is -2.93. The molecule has 3 aromatic rings. The molecule has 1 aromatic carbocycles. The molecule has 0 saturated heterocycles. The van der Waals surface area contributed by atoms with E-state index in [2.05, 4.69) is 10.3 Å². The van der Waals surface area contributed by atoms with Crippen molar-refractivity contribution in [3.05, 3.63) is 64.9 Å². The number of pyridine rings is 1. The lowest BCUT2D eigenvalue weighted by Gasteiger charge is -2.18. The number of aromatic nitrogens is 1. The van der Waals surface area contributed by atoms with E-state index in [0.29, 0.717) is 0 Å². The van der Waals surface area contributed by atoms with Gasteiger partial charge in [-0.05, 0) is 56.7 Å². The minimum absolute atomic E-state index is 0.0377. The molecule has 0 spiro atoms. The Morgan fingerprint density at radius 2 is 1.86 bits per heavy atom. The first-order valence-corrected chi connectivity index (χ1v) is 13.1. The van der Waals surface area contributed by atoms with Gasteiger partial charge in [0.2, 0.25) is 0 Å². The van der Waals surface area contributed by atoms with Gasteiger partial charge in [-0.2, -0.15) is 0 Å². The molecule has 0 bridgehead atoms. The number of nitrogens with one attached hydrogen (secondary N) is 1. The van der Waals surface area contributed by atoms with E-state index in [1.165, 1.54) is 39.0 Å². The van der Waals surface area contributed by atoms with Gasteiger partial charge in [0.15, 0.2) is 9.84 Å². The minimum Gasteiger partial charge on any atom is -0.392 e. The van der Waals surface area contributed by atoms with Gasteiger partial charge in [-0.1, -0.05) is 6.07 Å². The number of anilines is 2. The Kier molecular flexibility index (Phi) is 7.60. The number of aliphatic hydroxyl groups excluding tert-OH is 1. The quantitative estimate of drug-likeness (QED) is 0.335. The van der Waals surface area contributed by atoms with Gasteiger partial charge in [-0.3, -0.25) is 4.79 Å². The van der Waals surface area contributed by atoms with E-state index < -0.39 is 50.6 Å². The number of rotatable bonds is 9. The molecule has 3 rings (SSSR count). The third-order valence-electron chi connectivity index (χ3n) is 4.90. The third-order valence-corrected chi connectivity index (χ3v) is 7.70. The highest BCUT2D eigenvalue weighted by atomic mass is 32.2. The number of primary amides is 1. The van der Waals surface area contributed by atoms with Crippen LogP contribution in [0.4, 0.5) is 19.6 Å². The maximum atomic E-state index is 14.8. The summed E-state index contributed by atoms with van der Waals surface area (Å²) in [5.41, 5.74) is 3.83. The normalized spacial score (nSPS) is 13.0. The number of benzene rings is 1. The predicted octanol–water partition coefficient (Wildman–Crippen LogP) is 3.45. The van der Waals surface area contributed by atoms with Crippen molar-refractivity contribution >= 4 is 37.9 Å². The van der Waals surface area contributed by atoms with Crippen LogP contribution in [-0.4, -0.2) is 41.4 Å². The van der Waals surface area contributed by atoms with Crippen molar-refractivity contribution in [3.63, 3.8) is 0 Å². The van der Waals surface area contributed by atoms with E-state index in [1.807, 2.05) is 0 Å². The maximum Gasteiger partial charge on any atom is 0.251 e. The van der Waals surface area contributed by atoms with Crippen LogP contribution in [0, 0.1) is 11.6 Å². The number of carbonyl (C=O) groups is 1. The lowest BCUT2D eigenvalue weighted by molar-refractivity contribution is 0.0778. The average molecular weight is 526 g/mol. The van der Waals surface area contributed by atoms with E-state index in [1.54, 1.807) is 6.07 Å². The number of carbonyl (C=O) groups excluding carboxylic acids is 1. The fourth-order valence-electron chi connectivity index (χ4n) is 3.35. The Balaban J connectivity index is 1.96. The Bertz CT molecular complexity index is 1340. The molecule has 1 unspecified atom stereocenters. The second-order valence-corrected chi connectivity index (χ2v) is 11.8. The summed E-state index contributed by atoms with van der Waals surface area (Å²) in [7, 11) is -3.61. The molecule has 0 fully saturated rings. The van der Waals surface area contributed by atoms with Crippen LogP contribution in [-0.2, 0) is 21.2 Å². The summed E-state index contributed by atoms with van der Waals surface area (Å²) in [6.07, 6.45) is -1.03. The number of halogens is 2. The van der Waals surface area contributed by atoms with Crippen LogP contribution in [0.25, 0.3) is 10.4 Å². The van der Waals surface area contributed by atoms with Crippen molar-refractivity contribution < 1.29 is 32.2 Å². The standard InChI is InChI=1S/C23H25F2N3O5S2/c1-12(29)10-35(32,33)11-14-5-4-6-19(27-14)28-22-15(21(26)30)9-18(34-22)20-16(24)7-13(8-17(20)25)23(2,3)31/h4-9,12,29,31H,10-11H2,1-3H3,(H2,26,30)(H,27,28). The van der Waals surface area contributed by atoms with Gasteiger partial charge in [0.05, 0.1) is 40.0 Å². The topological polar surface area (TPSA) is 143 Å². The number of aliphatic hydroxyl groups is 2.